The van der Waals surface area contributed by atoms with Crippen molar-refractivity contribution in [3.63, 3.8) is 0 Å². The largest absolute Gasteiger partial charge is 0.468 e. The second kappa shape index (κ2) is 8.09. The van der Waals surface area contributed by atoms with Crippen molar-refractivity contribution in [1.29, 1.82) is 0 Å². The molecule has 0 bridgehead atoms. The number of hydrogen-bond acceptors (Lipinski definition) is 5. The lowest BCUT2D eigenvalue weighted by atomic mass is 10.2. The molecule has 1 aliphatic rings. The third-order valence-corrected chi connectivity index (χ3v) is 3.75. The summed E-state index contributed by atoms with van der Waals surface area (Å²) in [6, 6.07) is 0.551. The molecule has 0 radical (unpaired) electrons. The Morgan fingerprint density at radius 3 is 2.94 bits per heavy atom. The Kier molecular flexibility index (Phi) is 7.14. The van der Waals surface area contributed by atoms with Crippen molar-refractivity contribution in [3.05, 3.63) is 0 Å². The summed E-state index contributed by atoms with van der Waals surface area (Å²) in [4.78, 5) is 13.3. The van der Waals surface area contributed by atoms with E-state index in [0.717, 1.165) is 26.2 Å². The van der Waals surface area contributed by atoms with Crippen molar-refractivity contribution < 1.29 is 14.3 Å². The second-order valence-corrected chi connectivity index (χ2v) is 5.84. The zero-order chi connectivity index (χ0) is 13.5. The number of nitrogens with one attached hydrogen (secondary N) is 1. The lowest BCUT2D eigenvalue weighted by molar-refractivity contribution is -0.139. The van der Waals surface area contributed by atoms with Gasteiger partial charge in [0.1, 0.15) is 4.83 Å². The summed E-state index contributed by atoms with van der Waals surface area (Å²) in [5.74, 6) is -0.254. The summed E-state index contributed by atoms with van der Waals surface area (Å²) in [6.45, 7) is 8.41. The number of methoxy groups -OCH3 is 1. The number of ether oxygens (including phenoxy) is 2. The maximum absolute atomic E-state index is 11.2. The number of morpholine rings is 1. The van der Waals surface area contributed by atoms with Gasteiger partial charge in [-0.25, -0.2) is 0 Å². The molecule has 1 N–H and O–H groups in total. The van der Waals surface area contributed by atoms with Crippen molar-refractivity contribution in [2.24, 2.45) is 0 Å². The van der Waals surface area contributed by atoms with Gasteiger partial charge in [0.15, 0.2) is 0 Å². The van der Waals surface area contributed by atoms with Crippen molar-refractivity contribution in [1.82, 2.24) is 10.2 Å². The number of nitrogens with zero attached hydrogens (tertiary/aromatic N) is 1. The number of halogens is 1. The van der Waals surface area contributed by atoms with Crippen LogP contribution in [0.5, 0.6) is 0 Å². The molecule has 106 valence electrons. The number of carbonyl (C=O) groups excluding carboxylic acids is 1. The lowest BCUT2D eigenvalue weighted by Gasteiger charge is -2.35. The fraction of sp³-hybridized carbons (Fsp3) is 0.917. The Morgan fingerprint density at radius 2 is 2.33 bits per heavy atom. The molecular weight excluding hydrogens is 300 g/mol. The predicted octanol–water partition coefficient (Wildman–Crippen LogP) is 0.622. The number of esters is 1. The molecule has 0 aromatic rings. The first-order valence-corrected chi connectivity index (χ1v) is 7.24. The first-order valence-electron chi connectivity index (χ1n) is 6.32. The third kappa shape index (κ3) is 5.22. The van der Waals surface area contributed by atoms with E-state index < -0.39 is 0 Å². The van der Waals surface area contributed by atoms with Crippen molar-refractivity contribution in [2.75, 3.05) is 39.9 Å². The number of alkyl halides is 1. The minimum absolute atomic E-state index is 0.193. The average Bonchev–Trinajstić information content (AvgIpc) is 2.38. The highest BCUT2D eigenvalue weighted by Gasteiger charge is 2.22. The highest BCUT2D eigenvalue weighted by molar-refractivity contribution is 9.10. The Hall–Kier alpha value is -0.170. The summed E-state index contributed by atoms with van der Waals surface area (Å²) < 4.78 is 10.3. The van der Waals surface area contributed by atoms with Gasteiger partial charge in [-0.1, -0.05) is 15.9 Å². The zero-order valence-corrected chi connectivity index (χ0v) is 12.9. The quantitative estimate of drug-likeness (QED) is 0.574. The van der Waals surface area contributed by atoms with Crippen LogP contribution >= 0.6 is 15.9 Å². The number of carbonyl (C=O) groups is 1. The van der Waals surface area contributed by atoms with Crippen LogP contribution in [-0.4, -0.2) is 67.7 Å². The van der Waals surface area contributed by atoms with Gasteiger partial charge in [0, 0.05) is 32.2 Å². The fourth-order valence-electron chi connectivity index (χ4n) is 1.92. The van der Waals surface area contributed by atoms with Crippen LogP contribution < -0.4 is 5.32 Å². The molecule has 6 heteroatoms. The molecule has 0 amide bonds. The Labute approximate surface area is 117 Å². The molecule has 18 heavy (non-hydrogen) atoms. The summed E-state index contributed by atoms with van der Waals surface area (Å²) in [7, 11) is 1.39. The summed E-state index contributed by atoms with van der Waals surface area (Å²) in [6.07, 6.45) is 0.193. The van der Waals surface area contributed by atoms with Gasteiger partial charge in [-0.3, -0.25) is 9.69 Å². The van der Waals surface area contributed by atoms with Gasteiger partial charge in [0.2, 0.25) is 0 Å². The van der Waals surface area contributed by atoms with Gasteiger partial charge in [0.25, 0.3) is 0 Å². The first kappa shape index (κ1) is 15.9. The van der Waals surface area contributed by atoms with E-state index in [1.807, 2.05) is 0 Å². The molecule has 0 aromatic heterocycles. The van der Waals surface area contributed by atoms with Gasteiger partial charge < -0.3 is 14.8 Å². The van der Waals surface area contributed by atoms with E-state index in [1.54, 1.807) is 0 Å². The molecule has 2 atom stereocenters. The molecule has 1 aliphatic heterocycles. The van der Waals surface area contributed by atoms with Gasteiger partial charge in [0.05, 0.1) is 19.8 Å². The van der Waals surface area contributed by atoms with Gasteiger partial charge in [-0.2, -0.15) is 0 Å². The van der Waals surface area contributed by atoms with E-state index in [1.165, 1.54) is 7.11 Å². The molecule has 1 saturated heterocycles. The van der Waals surface area contributed by atoms with Crippen LogP contribution in [0.2, 0.25) is 0 Å². The molecule has 2 unspecified atom stereocenters. The van der Waals surface area contributed by atoms with Crippen LogP contribution in [0.3, 0.4) is 0 Å². The van der Waals surface area contributed by atoms with Gasteiger partial charge in [-0.15, -0.1) is 0 Å². The molecule has 1 fully saturated rings. The Morgan fingerprint density at radius 1 is 1.61 bits per heavy atom. The fourth-order valence-corrected chi connectivity index (χ4v) is 2.33. The molecule has 1 heterocycles. The first-order chi connectivity index (χ1) is 8.54. The minimum Gasteiger partial charge on any atom is -0.468 e. The van der Waals surface area contributed by atoms with Gasteiger partial charge >= 0.3 is 5.97 Å². The molecular formula is C12H23BrN2O3. The highest BCUT2D eigenvalue weighted by Crippen LogP contribution is 2.08. The highest BCUT2D eigenvalue weighted by atomic mass is 79.9. The van der Waals surface area contributed by atoms with Crippen molar-refractivity contribution in [2.45, 2.75) is 30.8 Å². The maximum atomic E-state index is 11.2. The van der Waals surface area contributed by atoms with Crippen LogP contribution in [0.25, 0.3) is 0 Å². The third-order valence-electron chi connectivity index (χ3n) is 3.05. The van der Waals surface area contributed by atoms with E-state index in [2.05, 4.69) is 44.7 Å². The second-order valence-electron chi connectivity index (χ2n) is 4.73. The SMILES string of the molecule is COC(=O)C(Br)CNCC1CN(C(C)C)CCO1. The number of hydrogen-bond donors (Lipinski definition) is 1. The van der Waals surface area contributed by atoms with E-state index in [0.29, 0.717) is 12.6 Å². The smallest absolute Gasteiger partial charge is 0.320 e. The maximum Gasteiger partial charge on any atom is 0.320 e. The molecule has 0 aromatic carbocycles. The van der Waals surface area contributed by atoms with Crippen LogP contribution in [0, 0.1) is 0 Å². The van der Waals surface area contributed by atoms with Crippen LogP contribution in [0.1, 0.15) is 13.8 Å². The van der Waals surface area contributed by atoms with Crippen molar-refractivity contribution in [3.8, 4) is 0 Å². The molecule has 1 rings (SSSR count). The van der Waals surface area contributed by atoms with E-state index in [4.69, 9.17) is 4.74 Å². The molecule has 0 saturated carbocycles. The molecule has 0 aliphatic carbocycles. The normalized spacial score (nSPS) is 23.1. The van der Waals surface area contributed by atoms with E-state index in [9.17, 15) is 4.79 Å². The summed E-state index contributed by atoms with van der Waals surface area (Å²) >= 11 is 3.28. The molecule has 5 nitrogen and oxygen atoms in total. The zero-order valence-electron chi connectivity index (χ0n) is 11.3. The summed E-state index contributed by atoms with van der Waals surface area (Å²) in [5.41, 5.74) is 0. The average molecular weight is 323 g/mol. The summed E-state index contributed by atoms with van der Waals surface area (Å²) in [5, 5.41) is 3.23. The Balaban J connectivity index is 2.21. The standard InChI is InChI=1S/C12H23BrN2O3/c1-9(2)15-4-5-18-10(8-15)6-14-7-11(13)12(16)17-3/h9-11,14H,4-8H2,1-3H3. The van der Waals surface area contributed by atoms with E-state index in [-0.39, 0.29) is 16.9 Å². The Bertz CT molecular complexity index is 264. The number of rotatable bonds is 6. The minimum atomic E-state index is -0.299. The lowest BCUT2D eigenvalue weighted by Crippen LogP contribution is -2.49. The predicted molar refractivity (Wildman–Crippen MR) is 74.0 cm³/mol. The van der Waals surface area contributed by atoms with Crippen LogP contribution in [0.4, 0.5) is 0 Å². The van der Waals surface area contributed by atoms with Gasteiger partial charge in [-0.05, 0) is 13.8 Å². The van der Waals surface area contributed by atoms with E-state index >= 15 is 0 Å². The van der Waals surface area contributed by atoms with Crippen LogP contribution in [0.15, 0.2) is 0 Å². The monoisotopic (exact) mass is 322 g/mol. The van der Waals surface area contributed by atoms with Crippen molar-refractivity contribution >= 4 is 21.9 Å². The molecule has 0 spiro atoms. The van der Waals surface area contributed by atoms with Crippen LogP contribution in [-0.2, 0) is 14.3 Å². The topological polar surface area (TPSA) is 50.8 Å².